The lowest BCUT2D eigenvalue weighted by molar-refractivity contribution is 0.111. The van der Waals surface area contributed by atoms with Gasteiger partial charge in [0, 0.05) is 37.3 Å². The van der Waals surface area contributed by atoms with Crippen LogP contribution in [0.3, 0.4) is 0 Å². The molecular formula is C19H20Br2N2O. The molecule has 1 aromatic heterocycles. The number of aliphatic hydroxyl groups excluding tert-OH is 1. The average molecular weight is 452 g/mol. The third kappa shape index (κ3) is 3.15. The second-order valence-electron chi connectivity index (χ2n) is 6.60. The zero-order chi connectivity index (χ0) is 16.7. The molecule has 0 saturated carbocycles. The molecule has 24 heavy (non-hydrogen) atoms. The van der Waals surface area contributed by atoms with E-state index in [0.29, 0.717) is 6.54 Å². The fraction of sp³-hybridized carbons (Fsp3) is 0.368. The second kappa shape index (κ2) is 6.79. The van der Waals surface area contributed by atoms with E-state index in [1.807, 2.05) is 0 Å². The lowest BCUT2D eigenvalue weighted by atomic mass is 10.2. The number of aliphatic hydroxyl groups is 1. The van der Waals surface area contributed by atoms with Gasteiger partial charge in [-0.3, -0.25) is 0 Å². The Kier molecular flexibility index (Phi) is 4.69. The predicted molar refractivity (Wildman–Crippen MR) is 107 cm³/mol. The van der Waals surface area contributed by atoms with Gasteiger partial charge in [-0.15, -0.1) is 0 Å². The summed E-state index contributed by atoms with van der Waals surface area (Å²) in [4.78, 5) is 2.37. The number of benzene rings is 2. The number of β-amino-alcohol motifs (C(OH)–C–C–N with tert-alkyl or cyclic N) is 1. The van der Waals surface area contributed by atoms with Crippen LogP contribution in [0.25, 0.3) is 21.8 Å². The average Bonchev–Trinajstić information content (AvgIpc) is 3.15. The maximum atomic E-state index is 10.6. The standard InChI is InChI=1S/C19H20Br2N2O/c20-13-3-5-18-16(9-13)17-10-14(21)4-6-19(17)23(18)12-15(24)11-22-7-1-2-8-22/h3-6,9-10,15,24H,1-2,7-8,11-12H2/t15-/m0/s1. The van der Waals surface area contributed by atoms with Crippen LogP contribution in [0.5, 0.6) is 0 Å². The Hall–Kier alpha value is -0.880. The molecule has 5 heteroatoms. The third-order valence-electron chi connectivity index (χ3n) is 4.85. The molecule has 0 amide bonds. The summed E-state index contributed by atoms with van der Waals surface area (Å²) in [6.45, 7) is 3.61. The summed E-state index contributed by atoms with van der Waals surface area (Å²) in [6.07, 6.45) is 2.16. The van der Waals surface area contributed by atoms with Crippen LogP contribution in [-0.2, 0) is 6.54 Å². The highest BCUT2D eigenvalue weighted by Crippen LogP contribution is 2.33. The van der Waals surface area contributed by atoms with E-state index in [1.54, 1.807) is 0 Å². The molecule has 0 aliphatic carbocycles. The van der Waals surface area contributed by atoms with Gasteiger partial charge in [0.2, 0.25) is 0 Å². The Labute approximate surface area is 158 Å². The minimum atomic E-state index is -0.353. The van der Waals surface area contributed by atoms with Crippen molar-refractivity contribution in [3.05, 3.63) is 45.3 Å². The highest BCUT2D eigenvalue weighted by atomic mass is 79.9. The van der Waals surface area contributed by atoms with Gasteiger partial charge in [-0.1, -0.05) is 31.9 Å². The van der Waals surface area contributed by atoms with Crippen molar-refractivity contribution in [2.24, 2.45) is 0 Å². The van der Waals surface area contributed by atoms with Crippen LogP contribution in [0.15, 0.2) is 45.3 Å². The Bertz CT molecular complexity index is 825. The van der Waals surface area contributed by atoms with Crippen molar-refractivity contribution in [2.75, 3.05) is 19.6 Å². The van der Waals surface area contributed by atoms with Crippen molar-refractivity contribution >= 4 is 53.7 Å². The summed E-state index contributed by atoms with van der Waals surface area (Å²) >= 11 is 7.16. The topological polar surface area (TPSA) is 28.4 Å². The fourth-order valence-corrected chi connectivity index (χ4v) is 4.50. The molecular weight excluding hydrogens is 432 g/mol. The Morgan fingerprint density at radius 3 is 1.96 bits per heavy atom. The Morgan fingerprint density at radius 1 is 0.875 bits per heavy atom. The van der Waals surface area contributed by atoms with Crippen molar-refractivity contribution in [3.8, 4) is 0 Å². The molecule has 1 N–H and O–H groups in total. The minimum absolute atomic E-state index is 0.353. The first-order valence-electron chi connectivity index (χ1n) is 8.39. The van der Waals surface area contributed by atoms with E-state index in [2.05, 4.69) is 77.7 Å². The zero-order valence-corrected chi connectivity index (χ0v) is 16.6. The normalized spacial score (nSPS) is 17.1. The molecule has 2 heterocycles. The van der Waals surface area contributed by atoms with E-state index < -0.39 is 0 Å². The molecule has 3 aromatic rings. The molecule has 0 bridgehead atoms. The number of rotatable bonds is 4. The second-order valence-corrected chi connectivity index (χ2v) is 8.43. The first-order chi connectivity index (χ1) is 11.6. The quantitative estimate of drug-likeness (QED) is 0.618. The summed E-state index contributed by atoms with van der Waals surface area (Å²) in [6, 6.07) is 12.7. The van der Waals surface area contributed by atoms with Crippen LogP contribution >= 0.6 is 31.9 Å². The van der Waals surface area contributed by atoms with Gasteiger partial charge < -0.3 is 14.6 Å². The zero-order valence-electron chi connectivity index (χ0n) is 13.4. The molecule has 1 fully saturated rings. The van der Waals surface area contributed by atoms with Crippen molar-refractivity contribution in [1.82, 2.24) is 9.47 Å². The fourth-order valence-electron chi connectivity index (χ4n) is 3.78. The van der Waals surface area contributed by atoms with Crippen molar-refractivity contribution in [3.63, 3.8) is 0 Å². The highest BCUT2D eigenvalue weighted by molar-refractivity contribution is 9.10. The predicted octanol–water partition coefficient (Wildman–Crippen LogP) is 4.78. The van der Waals surface area contributed by atoms with Crippen LogP contribution in [0.4, 0.5) is 0 Å². The first kappa shape index (κ1) is 16.6. The van der Waals surface area contributed by atoms with Gasteiger partial charge >= 0.3 is 0 Å². The largest absolute Gasteiger partial charge is 0.390 e. The molecule has 4 rings (SSSR count). The summed E-state index contributed by atoms with van der Waals surface area (Å²) in [7, 11) is 0. The molecule has 1 atom stereocenters. The van der Waals surface area contributed by atoms with Gasteiger partial charge in [0.25, 0.3) is 0 Å². The van der Waals surface area contributed by atoms with Gasteiger partial charge in [-0.2, -0.15) is 0 Å². The smallest absolute Gasteiger partial charge is 0.0845 e. The molecule has 2 aromatic carbocycles. The third-order valence-corrected chi connectivity index (χ3v) is 5.84. The van der Waals surface area contributed by atoms with E-state index >= 15 is 0 Å². The monoisotopic (exact) mass is 450 g/mol. The molecule has 0 unspecified atom stereocenters. The molecule has 0 radical (unpaired) electrons. The molecule has 1 aliphatic rings. The lowest BCUT2D eigenvalue weighted by Crippen LogP contribution is -2.32. The summed E-state index contributed by atoms with van der Waals surface area (Å²) in [5.74, 6) is 0. The number of fused-ring (bicyclic) bond motifs is 3. The van der Waals surface area contributed by atoms with E-state index in [4.69, 9.17) is 0 Å². The van der Waals surface area contributed by atoms with Crippen molar-refractivity contribution in [2.45, 2.75) is 25.5 Å². The molecule has 126 valence electrons. The van der Waals surface area contributed by atoms with Gasteiger partial charge in [-0.25, -0.2) is 0 Å². The van der Waals surface area contributed by atoms with Crippen LogP contribution in [0, 0.1) is 0 Å². The molecule has 0 spiro atoms. The van der Waals surface area contributed by atoms with Gasteiger partial charge in [0.15, 0.2) is 0 Å². The number of likely N-dealkylation sites (tertiary alicyclic amines) is 1. The van der Waals surface area contributed by atoms with Crippen LogP contribution in [0.2, 0.25) is 0 Å². The van der Waals surface area contributed by atoms with E-state index in [-0.39, 0.29) is 6.10 Å². The number of hydrogen-bond donors (Lipinski definition) is 1. The van der Waals surface area contributed by atoms with E-state index in [1.165, 1.54) is 34.6 Å². The van der Waals surface area contributed by atoms with Gasteiger partial charge in [0.05, 0.1) is 12.6 Å². The Morgan fingerprint density at radius 2 is 1.42 bits per heavy atom. The molecule has 3 nitrogen and oxygen atoms in total. The van der Waals surface area contributed by atoms with Gasteiger partial charge in [-0.05, 0) is 62.3 Å². The van der Waals surface area contributed by atoms with Crippen LogP contribution in [-0.4, -0.2) is 40.3 Å². The minimum Gasteiger partial charge on any atom is -0.390 e. The number of aromatic nitrogens is 1. The van der Waals surface area contributed by atoms with E-state index in [0.717, 1.165) is 28.6 Å². The molecule has 1 saturated heterocycles. The maximum Gasteiger partial charge on any atom is 0.0845 e. The summed E-state index contributed by atoms with van der Waals surface area (Å²) in [5, 5.41) is 13.1. The SMILES string of the molecule is O[C@@H](CN1CCCC1)Cn1c2ccc(Br)cc2c2cc(Br)ccc21. The van der Waals surface area contributed by atoms with Crippen molar-refractivity contribution < 1.29 is 5.11 Å². The van der Waals surface area contributed by atoms with E-state index in [9.17, 15) is 5.11 Å². The summed E-state index contributed by atoms with van der Waals surface area (Å²) < 4.78 is 4.41. The summed E-state index contributed by atoms with van der Waals surface area (Å²) in [5.41, 5.74) is 2.35. The number of hydrogen-bond acceptors (Lipinski definition) is 2. The number of halogens is 2. The lowest BCUT2D eigenvalue weighted by Gasteiger charge is -2.20. The Balaban J connectivity index is 1.75. The highest BCUT2D eigenvalue weighted by Gasteiger charge is 2.18. The molecule has 1 aliphatic heterocycles. The van der Waals surface area contributed by atoms with Crippen molar-refractivity contribution in [1.29, 1.82) is 0 Å². The van der Waals surface area contributed by atoms with Crippen LogP contribution < -0.4 is 0 Å². The maximum absolute atomic E-state index is 10.6. The van der Waals surface area contributed by atoms with Gasteiger partial charge in [0.1, 0.15) is 0 Å². The first-order valence-corrected chi connectivity index (χ1v) is 9.98. The van der Waals surface area contributed by atoms with Crippen LogP contribution in [0.1, 0.15) is 12.8 Å². The number of nitrogens with zero attached hydrogens (tertiary/aromatic N) is 2.